The summed E-state index contributed by atoms with van der Waals surface area (Å²) in [6.45, 7) is 4.60. The molecule has 0 radical (unpaired) electrons. The number of aromatic nitrogens is 2. The summed E-state index contributed by atoms with van der Waals surface area (Å²) >= 11 is 0. The van der Waals surface area contributed by atoms with E-state index < -0.39 is 54.3 Å². The molecule has 2 aromatic rings. The van der Waals surface area contributed by atoms with E-state index in [1.54, 1.807) is 10.7 Å². The quantitative estimate of drug-likeness (QED) is 0.291. The van der Waals surface area contributed by atoms with E-state index in [4.69, 9.17) is 0 Å². The maximum atomic E-state index is 15.2. The second-order valence-corrected chi connectivity index (χ2v) is 12.2. The first-order chi connectivity index (χ1) is 20.2. The van der Waals surface area contributed by atoms with Gasteiger partial charge in [-0.25, -0.2) is 4.39 Å². The molecule has 2 aliphatic carbocycles. The van der Waals surface area contributed by atoms with Gasteiger partial charge in [-0.15, -0.1) is 0 Å². The summed E-state index contributed by atoms with van der Waals surface area (Å²) in [5.74, 6) is -2.88. The molecule has 2 fully saturated rings. The van der Waals surface area contributed by atoms with Gasteiger partial charge in [0.1, 0.15) is 23.6 Å². The number of halogens is 4. The summed E-state index contributed by atoms with van der Waals surface area (Å²) in [5, 5.41) is 12.0. The van der Waals surface area contributed by atoms with Crippen molar-refractivity contribution in [3.8, 4) is 0 Å². The Kier molecular flexibility index (Phi) is 9.83. The Morgan fingerprint density at radius 2 is 1.65 bits per heavy atom. The normalized spacial score (nSPS) is 17.6. The van der Waals surface area contributed by atoms with Crippen LogP contribution in [0.25, 0.3) is 0 Å². The molecule has 3 N–H and O–H groups in total. The number of rotatable bonds is 13. The molecule has 3 amide bonds. The maximum absolute atomic E-state index is 15.2. The number of amides is 3. The highest BCUT2D eigenvalue weighted by molar-refractivity contribution is 6.01. The zero-order valence-corrected chi connectivity index (χ0v) is 25.0. The predicted octanol–water partition coefficient (Wildman–Crippen LogP) is 4.49. The zero-order valence-electron chi connectivity index (χ0n) is 25.0. The number of carbonyl (C=O) groups is 3. The minimum absolute atomic E-state index is 0.0678. The molecule has 9 nitrogen and oxygen atoms in total. The van der Waals surface area contributed by atoms with E-state index in [1.807, 2.05) is 13.8 Å². The van der Waals surface area contributed by atoms with Crippen LogP contribution in [-0.4, -0.2) is 71.3 Å². The van der Waals surface area contributed by atoms with Crippen LogP contribution in [0.15, 0.2) is 30.5 Å². The van der Waals surface area contributed by atoms with Crippen molar-refractivity contribution in [3.63, 3.8) is 0 Å². The van der Waals surface area contributed by atoms with Gasteiger partial charge < -0.3 is 16.0 Å². The van der Waals surface area contributed by atoms with Gasteiger partial charge in [0.15, 0.2) is 0 Å². The summed E-state index contributed by atoms with van der Waals surface area (Å²) in [6, 6.07) is 2.62. The number of nitrogens with zero attached hydrogens (tertiary/aromatic N) is 3. The average Bonchev–Trinajstić information content (AvgIpc) is 3.87. The Morgan fingerprint density at radius 1 is 1.02 bits per heavy atom. The van der Waals surface area contributed by atoms with Gasteiger partial charge in [-0.2, -0.15) is 18.3 Å². The second-order valence-electron chi connectivity index (χ2n) is 12.2. The molecule has 0 aliphatic heterocycles. The van der Waals surface area contributed by atoms with Crippen molar-refractivity contribution in [1.82, 2.24) is 25.3 Å². The number of nitrogens with one attached hydrogen (secondary N) is 3. The Morgan fingerprint density at radius 3 is 2.16 bits per heavy atom. The van der Waals surface area contributed by atoms with Crippen LogP contribution < -0.4 is 16.0 Å². The summed E-state index contributed by atoms with van der Waals surface area (Å²) in [6.07, 6.45) is 0.853. The molecule has 2 saturated carbocycles. The third-order valence-corrected chi connectivity index (χ3v) is 8.29. The van der Waals surface area contributed by atoms with Crippen LogP contribution in [0.2, 0.25) is 0 Å². The van der Waals surface area contributed by atoms with Crippen molar-refractivity contribution in [2.75, 3.05) is 26.0 Å². The first kappa shape index (κ1) is 32.4. The number of anilines is 1. The first-order valence-electron chi connectivity index (χ1n) is 14.6. The Balaban J connectivity index is 1.47. The SMILES string of the molecule is CC(C)n1nccc1C(=O)N[C@H](C(=O)Nc1ccc([C@H](C)C(=O)NCC(N(C)C)C(F)(F)F)cc1F)C(C1CC1)C1CC1. The van der Waals surface area contributed by atoms with Gasteiger partial charge >= 0.3 is 6.18 Å². The number of hydrogen-bond acceptors (Lipinski definition) is 5. The lowest BCUT2D eigenvalue weighted by molar-refractivity contribution is -0.176. The van der Waals surface area contributed by atoms with E-state index in [2.05, 4.69) is 21.0 Å². The van der Waals surface area contributed by atoms with E-state index in [-0.39, 0.29) is 23.2 Å². The number of alkyl halides is 3. The summed E-state index contributed by atoms with van der Waals surface area (Å²) in [4.78, 5) is 40.5. The molecule has 13 heteroatoms. The van der Waals surface area contributed by atoms with Gasteiger partial charge in [-0.05, 0) is 102 Å². The van der Waals surface area contributed by atoms with Crippen molar-refractivity contribution >= 4 is 23.4 Å². The molecule has 0 bridgehead atoms. The van der Waals surface area contributed by atoms with Crippen LogP contribution in [0.3, 0.4) is 0 Å². The van der Waals surface area contributed by atoms with Crippen LogP contribution in [0.5, 0.6) is 0 Å². The third-order valence-electron chi connectivity index (χ3n) is 8.29. The van der Waals surface area contributed by atoms with Crippen LogP contribution in [0.4, 0.5) is 23.2 Å². The number of carbonyl (C=O) groups excluding carboxylic acids is 3. The van der Waals surface area contributed by atoms with Gasteiger partial charge in [0.05, 0.1) is 11.6 Å². The molecule has 0 spiro atoms. The van der Waals surface area contributed by atoms with Crippen molar-refractivity contribution in [2.45, 2.75) is 76.7 Å². The molecule has 3 atom stereocenters. The molecule has 1 heterocycles. The van der Waals surface area contributed by atoms with Gasteiger partial charge in [-0.1, -0.05) is 6.07 Å². The van der Waals surface area contributed by atoms with Crippen LogP contribution in [0.1, 0.15) is 74.5 Å². The van der Waals surface area contributed by atoms with Gasteiger partial charge in [0.2, 0.25) is 11.8 Å². The Bertz CT molecular complexity index is 1310. The summed E-state index contributed by atoms with van der Waals surface area (Å²) < 4.78 is 56.5. The van der Waals surface area contributed by atoms with Crippen molar-refractivity contribution in [1.29, 1.82) is 0 Å². The fraction of sp³-hybridized carbons (Fsp3) is 0.600. The van der Waals surface area contributed by atoms with Crippen LogP contribution >= 0.6 is 0 Å². The lowest BCUT2D eigenvalue weighted by Gasteiger charge is -2.28. The molecule has 1 aromatic carbocycles. The van der Waals surface area contributed by atoms with E-state index in [0.29, 0.717) is 17.5 Å². The molecule has 43 heavy (non-hydrogen) atoms. The highest BCUT2D eigenvalue weighted by Gasteiger charge is 2.48. The highest BCUT2D eigenvalue weighted by atomic mass is 19.4. The van der Waals surface area contributed by atoms with E-state index in [9.17, 15) is 27.6 Å². The van der Waals surface area contributed by atoms with Crippen molar-refractivity contribution < 1.29 is 31.9 Å². The largest absolute Gasteiger partial charge is 0.405 e. The van der Waals surface area contributed by atoms with E-state index in [0.717, 1.165) is 36.6 Å². The molecular weight excluding hydrogens is 568 g/mol. The minimum Gasteiger partial charge on any atom is -0.354 e. The molecule has 236 valence electrons. The maximum Gasteiger partial charge on any atom is 0.405 e. The summed E-state index contributed by atoms with van der Waals surface area (Å²) in [5.41, 5.74) is 0.443. The molecular formula is C30H40F4N6O3. The Labute approximate surface area is 248 Å². The third kappa shape index (κ3) is 7.92. The predicted molar refractivity (Wildman–Crippen MR) is 153 cm³/mol. The zero-order chi connectivity index (χ0) is 31.6. The molecule has 4 rings (SSSR count). The topological polar surface area (TPSA) is 108 Å². The minimum atomic E-state index is -4.53. The fourth-order valence-corrected chi connectivity index (χ4v) is 5.55. The van der Waals surface area contributed by atoms with Crippen LogP contribution in [-0.2, 0) is 9.59 Å². The van der Waals surface area contributed by atoms with Gasteiger partial charge in [0, 0.05) is 18.8 Å². The van der Waals surface area contributed by atoms with Crippen LogP contribution in [0, 0.1) is 23.6 Å². The monoisotopic (exact) mass is 608 g/mol. The van der Waals surface area contributed by atoms with Gasteiger partial charge in [-0.3, -0.25) is 24.0 Å². The fourth-order valence-electron chi connectivity index (χ4n) is 5.55. The first-order valence-corrected chi connectivity index (χ1v) is 14.6. The highest BCUT2D eigenvalue weighted by Crippen LogP contribution is 2.51. The smallest absolute Gasteiger partial charge is 0.354 e. The summed E-state index contributed by atoms with van der Waals surface area (Å²) in [7, 11) is 2.54. The van der Waals surface area contributed by atoms with Gasteiger partial charge in [0.25, 0.3) is 5.91 Å². The van der Waals surface area contributed by atoms with Crippen molar-refractivity contribution in [3.05, 3.63) is 47.5 Å². The molecule has 1 unspecified atom stereocenters. The lowest BCUT2D eigenvalue weighted by Crippen LogP contribution is -2.50. The molecule has 1 aromatic heterocycles. The van der Waals surface area contributed by atoms with E-state index in [1.165, 1.54) is 39.3 Å². The number of hydrogen-bond donors (Lipinski definition) is 3. The standard InChI is InChI=1S/C30H40F4N6O3/c1-16(2)40-23(12-13-36-40)28(42)38-26(25(18-6-7-18)19-8-9-19)29(43)37-22-11-10-20(14-21(22)31)17(3)27(41)35-15-24(39(4)5)30(32,33)34/h10-14,16-19,24-26H,6-9,15H2,1-5H3,(H,35,41)(H,37,43)(H,38,42)/t17-,24?,26-/m0/s1. The average molecular weight is 609 g/mol. The molecule has 0 saturated heterocycles. The molecule has 2 aliphatic rings. The number of benzene rings is 1. The van der Waals surface area contributed by atoms with Crippen molar-refractivity contribution in [2.24, 2.45) is 17.8 Å². The Hall–Kier alpha value is -3.48. The lowest BCUT2D eigenvalue weighted by atomic mass is 9.88. The second kappa shape index (κ2) is 13.0. The van der Waals surface area contributed by atoms with E-state index >= 15 is 4.39 Å². The number of likely N-dealkylation sites (N-methyl/N-ethyl adjacent to an activating group) is 1.